The molecule has 0 saturated heterocycles. The van der Waals surface area contributed by atoms with Crippen molar-refractivity contribution in [2.75, 3.05) is 21.3 Å². The molecule has 0 fully saturated rings. The minimum atomic E-state index is 0.0982. The van der Waals surface area contributed by atoms with Crippen LogP contribution >= 0.6 is 0 Å². The molecule has 144 valence electrons. The van der Waals surface area contributed by atoms with Crippen LogP contribution in [-0.4, -0.2) is 36.3 Å². The van der Waals surface area contributed by atoms with Gasteiger partial charge in [0.1, 0.15) is 29.2 Å². The zero-order valence-electron chi connectivity index (χ0n) is 16.6. The monoisotopic (exact) mass is 371 g/mol. The molecule has 0 aliphatic carbocycles. The Morgan fingerprint density at radius 3 is 2.56 bits per heavy atom. The Morgan fingerprint density at radius 2 is 1.93 bits per heavy atom. The fourth-order valence-electron chi connectivity index (χ4n) is 3.05. The maximum Gasteiger partial charge on any atom is 0.230 e. The molecule has 0 aliphatic rings. The van der Waals surface area contributed by atoms with Gasteiger partial charge in [0.15, 0.2) is 0 Å². The lowest BCUT2D eigenvalue weighted by Crippen LogP contribution is -2.22. The van der Waals surface area contributed by atoms with E-state index in [4.69, 9.17) is 23.4 Å². The van der Waals surface area contributed by atoms with Gasteiger partial charge in [-0.3, -0.25) is 4.90 Å². The molecule has 7 heteroatoms. The number of oxazole rings is 1. The Kier molecular flexibility index (Phi) is 5.51. The standard InChI is InChI=1S/C20H25N3O4/c1-12-18(24-5)8-7-15(19(12)25-6)20-21-17(14(3)27-20)11-23(4)13(2)16-9-10-26-22-16/h7-10,13H,11H2,1-6H3/t13-/m1/s1. The number of hydrogen-bond donors (Lipinski definition) is 0. The average Bonchev–Trinajstić information content (AvgIpc) is 3.31. The summed E-state index contributed by atoms with van der Waals surface area (Å²) in [4.78, 5) is 6.86. The minimum absolute atomic E-state index is 0.0982. The van der Waals surface area contributed by atoms with E-state index in [1.54, 1.807) is 20.5 Å². The van der Waals surface area contributed by atoms with Crippen LogP contribution in [-0.2, 0) is 6.54 Å². The predicted octanol–water partition coefficient (Wildman–Crippen LogP) is 4.16. The summed E-state index contributed by atoms with van der Waals surface area (Å²) in [5, 5.41) is 4.01. The first kappa shape index (κ1) is 19.0. The molecule has 0 bridgehead atoms. The van der Waals surface area contributed by atoms with E-state index in [-0.39, 0.29) is 6.04 Å². The van der Waals surface area contributed by atoms with Crippen molar-refractivity contribution in [2.45, 2.75) is 33.4 Å². The third-order valence-corrected chi connectivity index (χ3v) is 4.85. The van der Waals surface area contributed by atoms with Crippen LogP contribution in [0.25, 0.3) is 11.5 Å². The molecule has 7 nitrogen and oxygen atoms in total. The van der Waals surface area contributed by atoms with Crippen molar-refractivity contribution >= 4 is 0 Å². The summed E-state index contributed by atoms with van der Waals surface area (Å²) >= 11 is 0. The Hall–Kier alpha value is -2.80. The molecule has 3 rings (SSSR count). The number of aromatic nitrogens is 2. The van der Waals surface area contributed by atoms with E-state index in [1.165, 1.54) is 0 Å². The number of ether oxygens (including phenoxy) is 2. The van der Waals surface area contributed by atoms with Crippen LogP contribution in [0, 0.1) is 13.8 Å². The van der Waals surface area contributed by atoms with E-state index in [9.17, 15) is 0 Å². The second kappa shape index (κ2) is 7.84. The van der Waals surface area contributed by atoms with Crippen LogP contribution in [0.3, 0.4) is 0 Å². The maximum absolute atomic E-state index is 5.95. The largest absolute Gasteiger partial charge is 0.496 e. The molecule has 1 atom stereocenters. The Balaban J connectivity index is 1.88. The SMILES string of the molecule is COc1ccc(-c2nc(CN(C)[C@H](C)c3ccon3)c(C)o2)c(OC)c1C. The second-order valence-corrected chi connectivity index (χ2v) is 6.51. The first-order chi connectivity index (χ1) is 13.0. The lowest BCUT2D eigenvalue weighted by Gasteiger charge is -2.21. The van der Waals surface area contributed by atoms with E-state index in [0.29, 0.717) is 18.2 Å². The van der Waals surface area contributed by atoms with Crippen LogP contribution in [0.15, 0.2) is 33.4 Å². The molecule has 0 saturated carbocycles. The van der Waals surface area contributed by atoms with Crippen molar-refractivity contribution in [1.82, 2.24) is 15.0 Å². The van der Waals surface area contributed by atoms with Gasteiger partial charge in [0.2, 0.25) is 5.89 Å². The topological polar surface area (TPSA) is 73.8 Å². The zero-order valence-corrected chi connectivity index (χ0v) is 16.6. The highest BCUT2D eigenvalue weighted by Crippen LogP contribution is 2.38. The van der Waals surface area contributed by atoms with Gasteiger partial charge in [0.25, 0.3) is 0 Å². The van der Waals surface area contributed by atoms with Gasteiger partial charge in [-0.05, 0) is 40.0 Å². The van der Waals surface area contributed by atoms with Gasteiger partial charge in [-0.25, -0.2) is 4.98 Å². The van der Waals surface area contributed by atoms with E-state index in [2.05, 4.69) is 17.0 Å². The fraction of sp³-hybridized carbons (Fsp3) is 0.400. The van der Waals surface area contributed by atoms with Crippen LogP contribution in [0.1, 0.15) is 35.7 Å². The van der Waals surface area contributed by atoms with Crippen molar-refractivity contribution < 1.29 is 18.4 Å². The third-order valence-electron chi connectivity index (χ3n) is 4.85. The summed E-state index contributed by atoms with van der Waals surface area (Å²) in [5.74, 6) is 2.78. The molecule has 0 radical (unpaired) electrons. The highest BCUT2D eigenvalue weighted by atomic mass is 16.5. The highest BCUT2D eigenvalue weighted by molar-refractivity contribution is 5.68. The number of methoxy groups -OCH3 is 2. The molecule has 0 unspecified atom stereocenters. The summed E-state index contributed by atoms with van der Waals surface area (Å²) < 4.78 is 21.8. The zero-order chi connectivity index (χ0) is 19.6. The smallest absolute Gasteiger partial charge is 0.230 e. The maximum atomic E-state index is 5.95. The average molecular weight is 371 g/mol. The van der Waals surface area contributed by atoms with Crippen molar-refractivity contribution in [1.29, 1.82) is 0 Å². The van der Waals surface area contributed by atoms with E-state index in [0.717, 1.165) is 34.0 Å². The number of benzene rings is 1. The molecule has 2 heterocycles. The van der Waals surface area contributed by atoms with Gasteiger partial charge in [-0.2, -0.15) is 0 Å². The van der Waals surface area contributed by atoms with Crippen molar-refractivity contribution in [3.05, 3.63) is 47.2 Å². The molecule has 2 aromatic heterocycles. The minimum Gasteiger partial charge on any atom is -0.496 e. The van der Waals surface area contributed by atoms with Gasteiger partial charge in [-0.15, -0.1) is 0 Å². The third kappa shape index (κ3) is 3.68. The van der Waals surface area contributed by atoms with E-state index >= 15 is 0 Å². The van der Waals surface area contributed by atoms with Crippen LogP contribution in [0.4, 0.5) is 0 Å². The summed E-state index contributed by atoms with van der Waals surface area (Å²) in [6.07, 6.45) is 1.58. The van der Waals surface area contributed by atoms with Gasteiger partial charge in [0, 0.05) is 18.2 Å². The molecular formula is C20H25N3O4. The van der Waals surface area contributed by atoms with Gasteiger partial charge in [-0.1, -0.05) is 5.16 Å². The molecule has 3 aromatic rings. The molecular weight excluding hydrogens is 346 g/mol. The Morgan fingerprint density at radius 1 is 1.15 bits per heavy atom. The number of hydrogen-bond acceptors (Lipinski definition) is 7. The van der Waals surface area contributed by atoms with Crippen LogP contribution in [0.5, 0.6) is 11.5 Å². The van der Waals surface area contributed by atoms with Crippen LogP contribution in [0.2, 0.25) is 0 Å². The second-order valence-electron chi connectivity index (χ2n) is 6.51. The molecule has 1 aromatic carbocycles. The van der Waals surface area contributed by atoms with E-state index < -0.39 is 0 Å². The Labute approximate surface area is 158 Å². The lowest BCUT2D eigenvalue weighted by atomic mass is 10.1. The first-order valence-electron chi connectivity index (χ1n) is 8.75. The van der Waals surface area contributed by atoms with Gasteiger partial charge < -0.3 is 18.4 Å². The molecule has 0 N–H and O–H groups in total. The normalized spacial score (nSPS) is 12.4. The Bertz CT molecular complexity index is 902. The number of aryl methyl sites for hydroxylation is 1. The van der Waals surface area contributed by atoms with Crippen molar-refractivity contribution in [3.8, 4) is 23.0 Å². The quantitative estimate of drug-likeness (QED) is 0.617. The van der Waals surface area contributed by atoms with Gasteiger partial charge in [0.05, 0.1) is 31.5 Å². The fourth-order valence-corrected chi connectivity index (χ4v) is 3.05. The van der Waals surface area contributed by atoms with Crippen molar-refractivity contribution in [3.63, 3.8) is 0 Å². The number of nitrogens with zero attached hydrogens (tertiary/aromatic N) is 3. The molecule has 27 heavy (non-hydrogen) atoms. The highest BCUT2D eigenvalue weighted by Gasteiger charge is 2.21. The number of rotatable bonds is 7. The summed E-state index contributed by atoms with van der Waals surface area (Å²) in [5.41, 5.74) is 3.47. The van der Waals surface area contributed by atoms with Crippen molar-refractivity contribution in [2.24, 2.45) is 0 Å². The summed E-state index contributed by atoms with van der Waals surface area (Å²) in [6, 6.07) is 5.76. The summed E-state index contributed by atoms with van der Waals surface area (Å²) in [7, 11) is 5.29. The van der Waals surface area contributed by atoms with E-state index in [1.807, 2.05) is 39.1 Å². The molecule has 0 spiro atoms. The lowest BCUT2D eigenvalue weighted by molar-refractivity contribution is 0.237. The van der Waals surface area contributed by atoms with Crippen LogP contribution < -0.4 is 9.47 Å². The molecule has 0 amide bonds. The molecule has 0 aliphatic heterocycles. The predicted molar refractivity (Wildman–Crippen MR) is 101 cm³/mol. The van der Waals surface area contributed by atoms with Gasteiger partial charge >= 0.3 is 0 Å². The first-order valence-corrected chi connectivity index (χ1v) is 8.75. The summed E-state index contributed by atoms with van der Waals surface area (Å²) in [6.45, 7) is 6.57.